The molecular formula is C18H16N6O3S3. The van der Waals surface area contributed by atoms with Crippen LogP contribution in [0.15, 0.2) is 39.3 Å². The first kappa shape index (κ1) is 20.4. The Bertz CT molecular complexity index is 1150. The average Bonchev–Trinajstić information content (AvgIpc) is 3.44. The van der Waals surface area contributed by atoms with Crippen LogP contribution in [-0.4, -0.2) is 37.7 Å². The van der Waals surface area contributed by atoms with E-state index in [1.165, 1.54) is 11.3 Å². The van der Waals surface area contributed by atoms with Crippen LogP contribution in [0.4, 0.5) is 5.13 Å². The van der Waals surface area contributed by atoms with E-state index in [1.54, 1.807) is 16.7 Å². The van der Waals surface area contributed by atoms with Crippen molar-refractivity contribution in [3.8, 4) is 0 Å². The number of thioether (sulfide) groups is 1. The first-order chi connectivity index (χ1) is 14.5. The minimum Gasteiger partial charge on any atom is -0.416 e. The van der Waals surface area contributed by atoms with Gasteiger partial charge in [-0.2, -0.15) is 0 Å². The van der Waals surface area contributed by atoms with Crippen LogP contribution in [0.2, 0.25) is 0 Å². The predicted octanol–water partition coefficient (Wildman–Crippen LogP) is 2.68. The number of carbonyl (C=O) groups excluding carboxylic acids is 2. The van der Waals surface area contributed by atoms with Crippen molar-refractivity contribution in [1.29, 1.82) is 0 Å². The Morgan fingerprint density at radius 2 is 2.03 bits per heavy atom. The van der Waals surface area contributed by atoms with Gasteiger partial charge >= 0.3 is 0 Å². The topological polar surface area (TPSA) is 137 Å². The lowest BCUT2D eigenvalue weighted by Gasteiger charge is -1.99. The third-order valence-corrected chi connectivity index (χ3v) is 6.54. The molecule has 0 fully saturated rings. The number of nitrogens with two attached hydrogens (primary N) is 1. The van der Waals surface area contributed by atoms with Gasteiger partial charge in [-0.1, -0.05) is 23.9 Å². The van der Waals surface area contributed by atoms with Gasteiger partial charge in [-0.15, -0.1) is 32.9 Å². The number of benzene rings is 1. The van der Waals surface area contributed by atoms with E-state index in [0.717, 1.165) is 27.0 Å². The molecule has 30 heavy (non-hydrogen) atoms. The van der Waals surface area contributed by atoms with Crippen LogP contribution >= 0.6 is 34.4 Å². The van der Waals surface area contributed by atoms with Gasteiger partial charge in [0.05, 0.1) is 33.1 Å². The molecule has 4 aromatic rings. The number of carbonyl (C=O) groups is 2. The summed E-state index contributed by atoms with van der Waals surface area (Å²) < 4.78 is 6.76. The molecule has 3 N–H and O–H groups in total. The summed E-state index contributed by atoms with van der Waals surface area (Å²) in [5.41, 5.74) is 6.66. The Balaban J connectivity index is 1.24. The zero-order valence-corrected chi connectivity index (χ0v) is 18.0. The average molecular weight is 461 g/mol. The van der Waals surface area contributed by atoms with E-state index in [4.69, 9.17) is 10.2 Å². The highest BCUT2D eigenvalue weighted by molar-refractivity contribution is 7.99. The summed E-state index contributed by atoms with van der Waals surface area (Å²) in [6.07, 6.45) is 1.34. The Hall–Kier alpha value is -2.83. The molecule has 1 aromatic carbocycles. The summed E-state index contributed by atoms with van der Waals surface area (Å²) in [6.45, 7) is 0. The van der Waals surface area contributed by atoms with Crippen molar-refractivity contribution < 1.29 is 14.0 Å². The van der Waals surface area contributed by atoms with E-state index in [-0.39, 0.29) is 18.1 Å². The minimum absolute atomic E-state index is 0.0445. The van der Waals surface area contributed by atoms with Gasteiger partial charge in [0.15, 0.2) is 5.13 Å². The molecule has 0 unspecified atom stereocenters. The van der Waals surface area contributed by atoms with Gasteiger partial charge in [0.25, 0.3) is 5.22 Å². The molecule has 0 bridgehead atoms. The van der Waals surface area contributed by atoms with Gasteiger partial charge in [-0.05, 0) is 12.1 Å². The number of amides is 2. The van der Waals surface area contributed by atoms with Crippen LogP contribution in [0.3, 0.4) is 0 Å². The fourth-order valence-corrected chi connectivity index (χ4v) is 4.82. The third-order valence-electron chi connectivity index (χ3n) is 3.82. The van der Waals surface area contributed by atoms with Crippen molar-refractivity contribution >= 4 is 61.6 Å². The molecule has 0 saturated carbocycles. The van der Waals surface area contributed by atoms with E-state index < -0.39 is 5.91 Å². The monoisotopic (exact) mass is 460 g/mol. The number of fused-ring (bicyclic) bond motifs is 1. The lowest BCUT2D eigenvalue weighted by molar-refractivity contribution is -0.117. The molecule has 0 aliphatic carbocycles. The summed E-state index contributed by atoms with van der Waals surface area (Å²) in [6, 6.07) is 8.01. The molecule has 0 spiro atoms. The second-order valence-corrected chi connectivity index (χ2v) is 9.06. The van der Waals surface area contributed by atoms with E-state index in [0.29, 0.717) is 34.8 Å². The summed E-state index contributed by atoms with van der Waals surface area (Å²) in [5, 5.41) is 14.1. The minimum atomic E-state index is -0.468. The molecule has 0 aliphatic heterocycles. The molecule has 2 amide bonds. The number of primary amides is 1. The van der Waals surface area contributed by atoms with E-state index >= 15 is 0 Å². The number of nitrogens with zero attached hydrogens (tertiary/aromatic N) is 4. The first-order valence-electron chi connectivity index (χ1n) is 8.87. The highest BCUT2D eigenvalue weighted by atomic mass is 32.2. The Labute approximate surface area is 183 Å². The van der Waals surface area contributed by atoms with Gasteiger partial charge in [0, 0.05) is 18.2 Å². The molecular weight excluding hydrogens is 444 g/mol. The maximum absolute atomic E-state index is 12.1. The first-order valence-corrected chi connectivity index (χ1v) is 11.6. The molecule has 3 aromatic heterocycles. The SMILES string of the molecule is NC(=O)Cc1csc(NC(=O)CSc2nnc(CCc3nc4ccccc4s3)o2)n1. The van der Waals surface area contributed by atoms with Crippen LogP contribution < -0.4 is 11.1 Å². The zero-order valence-electron chi connectivity index (χ0n) is 15.5. The number of para-hydroxylation sites is 1. The van der Waals surface area contributed by atoms with Crippen LogP contribution in [-0.2, 0) is 28.9 Å². The maximum atomic E-state index is 12.1. The smallest absolute Gasteiger partial charge is 0.277 e. The molecule has 0 atom stereocenters. The summed E-state index contributed by atoms with van der Waals surface area (Å²) >= 11 is 4.04. The highest BCUT2D eigenvalue weighted by Gasteiger charge is 2.13. The van der Waals surface area contributed by atoms with Gasteiger partial charge in [-0.25, -0.2) is 9.97 Å². The number of hydrogen-bond acceptors (Lipinski definition) is 10. The van der Waals surface area contributed by atoms with Crippen LogP contribution in [0.5, 0.6) is 0 Å². The van der Waals surface area contributed by atoms with Crippen molar-refractivity contribution in [3.63, 3.8) is 0 Å². The van der Waals surface area contributed by atoms with E-state index in [9.17, 15) is 9.59 Å². The van der Waals surface area contributed by atoms with Gasteiger partial charge in [0.2, 0.25) is 17.7 Å². The molecule has 154 valence electrons. The number of anilines is 1. The van der Waals surface area contributed by atoms with Gasteiger partial charge in [-0.3, -0.25) is 9.59 Å². The fraction of sp³-hybridized carbons (Fsp3) is 0.222. The van der Waals surface area contributed by atoms with Crippen LogP contribution in [0.25, 0.3) is 10.2 Å². The fourth-order valence-electron chi connectivity index (χ4n) is 2.55. The number of rotatable bonds is 9. The molecule has 9 nitrogen and oxygen atoms in total. The molecule has 0 aliphatic rings. The highest BCUT2D eigenvalue weighted by Crippen LogP contribution is 2.23. The largest absolute Gasteiger partial charge is 0.416 e. The second-order valence-electron chi connectivity index (χ2n) is 6.16. The zero-order chi connectivity index (χ0) is 20.9. The lowest BCUT2D eigenvalue weighted by atomic mass is 10.3. The van der Waals surface area contributed by atoms with Gasteiger partial charge in [0.1, 0.15) is 0 Å². The summed E-state index contributed by atoms with van der Waals surface area (Å²) in [4.78, 5) is 31.7. The number of aryl methyl sites for hydroxylation is 2. The lowest BCUT2D eigenvalue weighted by Crippen LogP contribution is -2.15. The van der Waals surface area contributed by atoms with Gasteiger partial charge < -0.3 is 15.5 Å². The standard InChI is InChI=1S/C18H16N6O3S3/c19-13(25)7-10-8-28-17(20-10)22-14(26)9-29-18-24-23-15(27-18)5-6-16-21-11-3-1-2-4-12(11)30-16/h1-4,8H,5-7,9H2,(H2,19,25)(H,20,22,26). The number of hydrogen-bond donors (Lipinski definition) is 2. The maximum Gasteiger partial charge on any atom is 0.277 e. The Morgan fingerprint density at radius 1 is 1.17 bits per heavy atom. The number of nitrogens with one attached hydrogen (secondary N) is 1. The van der Waals surface area contributed by atoms with Crippen molar-refractivity contribution in [2.45, 2.75) is 24.5 Å². The second kappa shape index (κ2) is 9.32. The quantitative estimate of drug-likeness (QED) is 0.364. The molecule has 0 saturated heterocycles. The van der Waals surface area contributed by atoms with Crippen molar-refractivity contribution in [1.82, 2.24) is 20.2 Å². The summed E-state index contributed by atoms with van der Waals surface area (Å²) in [7, 11) is 0. The van der Waals surface area contributed by atoms with Crippen molar-refractivity contribution in [2.24, 2.45) is 5.73 Å². The summed E-state index contributed by atoms with van der Waals surface area (Å²) in [5.74, 6) is -0.115. The molecule has 0 radical (unpaired) electrons. The van der Waals surface area contributed by atoms with Crippen LogP contribution in [0, 0.1) is 0 Å². The predicted molar refractivity (Wildman–Crippen MR) is 116 cm³/mol. The van der Waals surface area contributed by atoms with E-state index in [2.05, 4.69) is 25.5 Å². The molecule has 4 rings (SSSR count). The van der Waals surface area contributed by atoms with Crippen LogP contribution in [0.1, 0.15) is 16.6 Å². The Kier molecular flexibility index (Phi) is 6.35. The van der Waals surface area contributed by atoms with E-state index in [1.807, 2.05) is 24.3 Å². The number of aromatic nitrogens is 4. The molecule has 3 heterocycles. The molecule has 12 heteroatoms. The van der Waals surface area contributed by atoms with Crippen molar-refractivity contribution in [3.05, 3.63) is 46.2 Å². The third kappa shape index (κ3) is 5.40. The Morgan fingerprint density at radius 3 is 2.87 bits per heavy atom. The number of thiazole rings is 2. The normalized spacial score (nSPS) is 11.1. The van der Waals surface area contributed by atoms with Crippen molar-refractivity contribution in [2.75, 3.05) is 11.1 Å².